The molecule has 1 saturated heterocycles. The minimum Gasteiger partial charge on any atom is -0.352 e. The van der Waals surface area contributed by atoms with Gasteiger partial charge in [-0.05, 0) is 65.2 Å². The summed E-state index contributed by atoms with van der Waals surface area (Å²) in [7, 11) is 0. The van der Waals surface area contributed by atoms with E-state index in [9.17, 15) is 4.79 Å². The van der Waals surface area contributed by atoms with E-state index < -0.39 is 0 Å². The first-order valence-electron chi connectivity index (χ1n) is 8.02. The van der Waals surface area contributed by atoms with Gasteiger partial charge >= 0.3 is 0 Å². The zero-order valence-electron chi connectivity index (χ0n) is 12.3. The van der Waals surface area contributed by atoms with Crippen molar-refractivity contribution in [1.29, 1.82) is 0 Å². The fourth-order valence-electron chi connectivity index (χ4n) is 3.12. The molecule has 4 nitrogen and oxygen atoms in total. The SMILES string of the molecule is C[C@@H](NCCCN1CCCC1)C(=O)NC1CCCC1. The maximum atomic E-state index is 12.0. The summed E-state index contributed by atoms with van der Waals surface area (Å²) in [6.07, 6.45) is 8.70. The lowest BCUT2D eigenvalue weighted by Crippen LogP contribution is -2.46. The molecule has 0 spiro atoms. The van der Waals surface area contributed by atoms with Crippen molar-refractivity contribution in [2.75, 3.05) is 26.2 Å². The molecule has 1 amide bonds. The third-order valence-corrected chi connectivity index (χ3v) is 4.40. The molecule has 2 fully saturated rings. The molecular formula is C15H29N3O. The van der Waals surface area contributed by atoms with Crippen LogP contribution in [0.15, 0.2) is 0 Å². The predicted octanol–water partition coefficient (Wildman–Crippen LogP) is 1.51. The number of hydrogen-bond acceptors (Lipinski definition) is 3. The highest BCUT2D eigenvalue weighted by molar-refractivity contribution is 5.81. The number of carbonyl (C=O) groups is 1. The molecule has 4 heteroatoms. The summed E-state index contributed by atoms with van der Waals surface area (Å²) in [6, 6.07) is 0.375. The van der Waals surface area contributed by atoms with Crippen molar-refractivity contribution < 1.29 is 4.79 Å². The Morgan fingerprint density at radius 2 is 1.89 bits per heavy atom. The smallest absolute Gasteiger partial charge is 0.237 e. The Morgan fingerprint density at radius 1 is 1.21 bits per heavy atom. The van der Waals surface area contributed by atoms with Crippen LogP contribution < -0.4 is 10.6 Å². The lowest BCUT2D eigenvalue weighted by molar-refractivity contribution is -0.123. The summed E-state index contributed by atoms with van der Waals surface area (Å²) in [5, 5.41) is 6.49. The van der Waals surface area contributed by atoms with Gasteiger partial charge in [-0.3, -0.25) is 4.79 Å². The van der Waals surface area contributed by atoms with E-state index in [0.29, 0.717) is 6.04 Å². The van der Waals surface area contributed by atoms with E-state index in [1.807, 2.05) is 6.92 Å². The third kappa shape index (κ3) is 5.11. The maximum absolute atomic E-state index is 12.0. The number of nitrogens with zero attached hydrogens (tertiary/aromatic N) is 1. The first kappa shape index (κ1) is 14.8. The molecule has 1 aliphatic heterocycles. The van der Waals surface area contributed by atoms with Crippen molar-refractivity contribution in [2.45, 2.75) is 64.0 Å². The van der Waals surface area contributed by atoms with Crippen molar-refractivity contribution in [3.05, 3.63) is 0 Å². The van der Waals surface area contributed by atoms with Crippen LogP contribution in [0.5, 0.6) is 0 Å². The van der Waals surface area contributed by atoms with Gasteiger partial charge in [0.25, 0.3) is 0 Å². The first-order chi connectivity index (χ1) is 9.25. The van der Waals surface area contributed by atoms with Crippen molar-refractivity contribution in [3.8, 4) is 0 Å². The van der Waals surface area contributed by atoms with Crippen LogP contribution in [0.1, 0.15) is 51.9 Å². The van der Waals surface area contributed by atoms with Crippen molar-refractivity contribution in [3.63, 3.8) is 0 Å². The molecule has 0 aromatic rings. The average molecular weight is 267 g/mol. The van der Waals surface area contributed by atoms with E-state index in [0.717, 1.165) is 25.8 Å². The number of rotatable bonds is 7. The molecule has 19 heavy (non-hydrogen) atoms. The van der Waals surface area contributed by atoms with Gasteiger partial charge in [0.05, 0.1) is 6.04 Å². The normalized spacial score (nSPS) is 22.8. The van der Waals surface area contributed by atoms with Gasteiger partial charge in [0.2, 0.25) is 5.91 Å². The fraction of sp³-hybridized carbons (Fsp3) is 0.933. The number of likely N-dealkylation sites (tertiary alicyclic amines) is 1. The van der Waals surface area contributed by atoms with Crippen molar-refractivity contribution >= 4 is 5.91 Å². The minimum atomic E-state index is -0.0563. The zero-order valence-corrected chi connectivity index (χ0v) is 12.3. The Hall–Kier alpha value is -0.610. The summed E-state index contributed by atoms with van der Waals surface area (Å²) >= 11 is 0. The second-order valence-electron chi connectivity index (χ2n) is 6.07. The van der Waals surface area contributed by atoms with E-state index in [4.69, 9.17) is 0 Å². The van der Waals surface area contributed by atoms with Gasteiger partial charge in [-0.15, -0.1) is 0 Å². The van der Waals surface area contributed by atoms with E-state index in [2.05, 4.69) is 15.5 Å². The Morgan fingerprint density at radius 3 is 2.58 bits per heavy atom. The highest BCUT2D eigenvalue weighted by Crippen LogP contribution is 2.17. The molecule has 0 aromatic heterocycles. The van der Waals surface area contributed by atoms with Crippen LogP contribution in [0, 0.1) is 0 Å². The Bertz CT molecular complexity index is 271. The van der Waals surface area contributed by atoms with Gasteiger partial charge in [-0.2, -0.15) is 0 Å². The molecule has 0 unspecified atom stereocenters. The standard InChI is InChI=1S/C15H29N3O/c1-13(15(19)17-14-7-2-3-8-14)16-9-6-12-18-10-4-5-11-18/h13-14,16H,2-12H2,1H3,(H,17,19)/t13-/m1/s1. The molecule has 0 bridgehead atoms. The van der Waals surface area contributed by atoms with Crippen LogP contribution >= 0.6 is 0 Å². The predicted molar refractivity (Wildman–Crippen MR) is 78.2 cm³/mol. The molecule has 0 radical (unpaired) electrons. The van der Waals surface area contributed by atoms with Gasteiger partial charge in [0.15, 0.2) is 0 Å². The Labute approximate surface area is 117 Å². The van der Waals surface area contributed by atoms with Gasteiger partial charge in [0.1, 0.15) is 0 Å². The van der Waals surface area contributed by atoms with Gasteiger partial charge in [-0.1, -0.05) is 12.8 Å². The number of nitrogens with one attached hydrogen (secondary N) is 2. The van der Waals surface area contributed by atoms with Gasteiger partial charge in [0, 0.05) is 6.04 Å². The molecule has 2 aliphatic rings. The van der Waals surface area contributed by atoms with Crippen LogP contribution in [0.4, 0.5) is 0 Å². The third-order valence-electron chi connectivity index (χ3n) is 4.40. The topological polar surface area (TPSA) is 44.4 Å². The van der Waals surface area contributed by atoms with E-state index in [-0.39, 0.29) is 11.9 Å². The van der Waals surface area contributed by atoms with E-state index in [1.54, 1.807) is 0 Å². The summed E-state index contributed by atoms with van der Waals surface area (Å²) in [4.78, 5) is 14.5. The second-order valence-corrected chi connectivity index (χ2v) is 6.07. The second kappa shape index (κ2) is 7.85. The van der Waals surface area contributed by atoms with Crippen LogP contribution in [-0.4, -0.2) is 49.1 Å². The lowest BCUT2D eigenvalue weighted by atomic mass is 10.2. The molecule has 110 valence electrons. The Kier molecular flexibility index (Phi) is 6.11. The van der Waals surface area contributed by atoms with Crippen LogP contribution in [-0.2, 0) is 4.79 Å². The monoisotopic (exact) mass is 267 g/mol. The quantitative estimate of drug-likeness (QED) is 0.687. The van der Waals surface area contributed by atoms with Crippen molar-refractivity contribution in [2.24, 2.45) is 0 Å². The van der Waals surface area contributed by atoms with Crippen LogP contribution in [0.3, 0.4) is 0 Å². The zero-order chi connectivity index (χ0) is 13.5. The number of carbonyl (C=O) groups excluding carboxylic acids is 1. The summed E-state index contributed by atoms with van der Waals surface area (Å²) in [5.41, 5.74) is 0. The highest BCUT2D eigenvalue weighted by Gasteiger charge is 2.20. The van der Waals surface area contributed by atoms with E-state index in [1.165, 1.54) is 45.3 Å². The summed E-state index contributed by atoms with van der Waals surface area (Å²) in [5.74, 6) is 0.174. The average Bonchev–Trinajstić information content (AvgIpc) is 3.07. The molecule has 1 atom stereocenters. The number of hydrogen-bond donors (Lipinski definition) is 2. The fourth-order valence-corrected chi connectivity index (χ4v) is 3.12. The first-order valence-corrected chi connectivity index (χ1v) is 8.02. The minimum absolute atomic E-state index is 0.0563. The largest absolute Gasteiger partial charge is 0.352 e. The lowest BCUT2D eigenvalue weighted by Gasteiger charge is -2.19. The molecular weight excluding hydrogens is 238 g/mol. The van der Waals surface area contributed by atoms with E-state index >= 15 is 0 Å². The van der Waals surface area contributed by atoms with Crippen LogP contribution in [0.2, 0.25) is 0 Å². The van der Waals surface area contributed by atoms with Crippen molar-refractivity contribution in [1.82, 2.24) is 15.5 Å². The molecule has 2 rings (SSSR count). The maximum Gasteiger partial charge on any atom is 0.237 e. The molecule has 1 aliphatic carbocycles. The molecule has 1 heterocycles. The Balaban J connectivity index is 1.52. The summed E-state index contributed by atoms with van der Waals surface area (Å²) in [6.45, 7) is 6.61. The molecule has 1 saturated carbocycles. The molecule has 2 N–H and O–H groups in total. The number of amides is 1. The summed E-state index contributed by atoms with van der Waals surface area (Å²) < 4.78 is 0. The molecule has 0 aromatic carbocycles. The van der Waals surface area contributed by atoms with Crippen LogP contribution in [0.25, 0.3) is 0 Å². The van der Waals surface area contributed by atoms with Gasteiger partial charge < -0.3 is 15.5 Å². The van der Waals surface area contributed by atoms with Gasteiger partial charge in [-0.25, -0.2) is 0 Å². The highest BCUT2D eigenvalue weighted by atomic mass is 16.2.